The number of halogens is 1. The van der Waals surface area contributed by atoms with Crippen molar-refractivity contribution in [1.29, 1.82) is 0 Å². The predicted molar refractivity (Wildman–Crippen MR) is 64.9 cm³/mol. The van der Waals surface area contributed by atoms with E-state index in [1.54, 1.807) is 6.07 Å². The monoisotopic (exact) mass is 278 g/mol. The van der Waals surface area contributed by atoms with Gasteiger partial charge in [-0.1, -0.05) is 6.07 Å². The molecular weight excluding hydrogens is 265 g/mol. The number of hydrogen-bond donors (Lipinski definition) is 1. The van der Waals surface area contributed by atoms with Crippen LogP contribution in [0.25, 0.3) is 0 Å². The van der Waals surface area contributed by atoms with Gasteiger partial charge in [-0.15, -0.1) is 0 Å². The molecular formula is C14H13FNO4-. The van der Waals surface area contributed by atoms with Crippen molar-refractivity contribution in [3.8, 4) is 0 Å². The Bertz CT molecular complexity index is 562. The molecule has 2 bridgehead atoms. The van der Waals surface area contributed by atoms with E-state index in [2.05, 4.69) is 5.32 Å². The van der Waals surface area contributed by atoms with Crippen LogP contribution in [0.2, 0.25) is 0 Å². The molecule has 0 spiro atoms. The van der Waals surface area contributed by atoms with Gasteiger partial charge in [0, 0.05) is 17.6 Å². The Morgan fingerprint density at radius 3 is 2.60 bits per heavy atom. The molecule has 106 valence electrons. The van der Waals surface area contributed by atoms with Crippen molar-refractivity contribution in [2.24, 2.45) is 11.8 Å². The molecule has 6 heteroatoms. The van der Waals surface area contributed by atoms with E-state index in [-0.39, 0.29) is 0 Å². The van der Waals surface area contributed by atoms with Crippen LogP contribution in [-0.4, -0.2) is 24.1 Å². The number of aliphatic carboxylic acids is 1. The number of anilines is 1. The largest absolute Gasteiger partial charge is 0.550 e. The molecule has 2 heterocycles. The third-order valence-corrected chi connectivity index (χ3v) is 3.94. The molecule has 2 saturated heterocycles. The summed E-state index contributed by atoms with van der Waals surface area (Å²) in [5.74, 6) is -3.90. The number of benzene rings is 1. The second-order valence-electron chi connectivity index (χ2n) is 5.16. The first-order valence-corrected chi connectivity index (χ1v) is 6.49. The number of carbonyl (C=O) groups is 2. The molecule has 2 fully saturated rings. The van der Waals surface area contributed by atoms with Crippen LogP contribution in [0.5, 0.6) is 0 Å². The number of carboxylic acid groups (broad SMARTS) is 1. The molecule has 1 amide bonds. The van der Waals surface area contributed by atoms with Crippen LogP contribution in [-0.2, 0) is 14.3 Å². The highest BCUT2D eigenvalue weighted by Gasteiger charge is 2.52. The summed E-state index contributed by atoms with van der Waals surface area (Å²) in [6.45, 7) is 0. The molecule has 20 heavy (non-hydrogen) atoms. The highest BCUT2D eigenvalue weighted by atomic mass is 19.1. The molecule has 0 aromatic heterocycles. The highest BCUT2D eigenvalue weighted by Crippen LogP contribution is 2.43. The highest BCUT2D eigenvalue weighted by molar-refractivity contribution is 5.96. The Hall–Kier alpha value is -1.95. The van der Waals surface area contributed by atoms with E-state index in [9.17, 15) is 19.1 Å². The second-order valence-corrected chi connectivity index (χ2v) is 5.16. The van der Waals surface area contributed by atoms with Gasteiger partial charge < -0.3 is 20.0 Å². The van der Waals surface area contributed by atoms with E-state index >= 15 is 0 Å². The minimum Gasteiger partial charge on any atom is -0.550 e. The molecule has 1 aromatic carbocycles. The Labute approximate surface area is 114 Å². The van der Waals surface area contributed by atoms with Crippen LogP contribution < -0.4 is 10.4 Å². The SMILES string of the molecule is O=C([O-])[C@@H]1[C@H](C(=O)Nc2cccc(F)c2)[C@@H]2CC[C@H]1O2. The maximum absolute atomic E-state index is 13.1. The van der Waals surface area contributed by atoms with Gasteiger partial charge in [0.15, 0.2) is 0 Å². The average Bonchev–Trinajstić information content (AvgIpc) is 2.98. The molecule has 1 N–H and O–H groups in total. The lowest BCUT2D eigenvalue weighted by Gasteiger charge is -2.27. The number of fused-ring (bicyclic) bond motifs is 2. The topological polar surface area (TPSA) is 78.5 Å². The summed E-state index contributed by atoms with van der Waals surface area (Å²) in [4.78, 5) is 23.4. The molecule has 3 rings (SSSR count). The summed E-state index contributed by atoms with van der Waals surface area (Å²) >= 11 is 0. The minimum absolute atomic E-state index is 0.301. The van der Waals surface area contributed by atoms with E-state index in [1.165, 1.54) is 18.2 Å². The molecule has 2 aliphatic heterocycles. The summed E-state index contributed by atoms with van der Waals surface area (Å²) in [5, 5.41) is 13.7. The molecule has 0 aliphatic carbocycles. The number of nitrogens with one attached hydrogen (secondary N) is 1. The molecule has 2 aliphatic rings. The van der Waals surface area contributed by atoms with E-state index < -0.39 is 41.7 Å². The van der Waals surface area contributed by atoms with Crippen LogP contribution in [0, 0.1) is 17.7 Å². The standard InChI is InChI=1S/C14H14FNO4/c15-7-2-1-3-8(6-7)16-13(17)11-9-4-5-10(20-9)12(11)14(18)19/h1-3,6,9-12H,4-5H2,(H,16,17)(H,18,19)/p-1/t9-,10+,11+,12-/m0/s1. The smallest absolute Gasteiger partial charge is 0.230 e. The maximum atomic E-state index is 13.1. The van der Waals surface area contributed by atoms with Crippen molar-refractivity contribution in [2.45, 2.75) is 25.0 Å². The summed E-state index contributed by atoms with van der Waals surface area (Å²) in [6, 6.07) is 5.46. The zero-order valence-electron chi connectivity index (χ0n) is 10.5. The van der Waals surface area contributed by atoms with E-state index in [4.69, 9.17) is 4.74 Å². The van der Waals surface area contributed by atoms with Crippen molar-refractivity contribution < 1.29 is 23.8 Å². The Kier molecular flexibility index (Phi) is 3.17. The van der Waals surface area contributed by atoms with Gasteiger partial charge in [0.2, 0.25) is 5.91 Å². The number of rotatable bonds is 3. The molecule has 4 atom stereocenters. The predicted octanol–water partition coefficient (Wildman–Crippen LogP) is 0.308. The quantitative estimate of drug-likeness (QED) is 0.863. The van der Waals surface area contributed by atoms with Crippen molar-refractivity contribution in [2.75, 3.05) is 5.32 Å². The molecule has 0 unspecified atom stereocenters. The van der Waals surface area contributed by atoms with Crippen molar-refractivity contribution in [3.63, 3.8) is 0 Å². The second kappa shape index (κ2) is 4.86. The Morgan fingerprint density at radius 1 is 1.25 bits per heavy atom. The number of amides is 1. The number of carboxylic acids is 1. The van der Waals surface area contributed by atoms with Gasteiger partial charge in [0.05, 0.1) is 18.1 Å². The molecule has 0 saturated carbocycles. The number of ether oxygens (including phenoxy) is 1. The normalized spacial score (nSPS) is 31.2. The Morgan fingerprint density at radius 2 is 1.95 bits per heavy atom. The van der Waals surface area contributed by atoms with Gasteiger partial charge in [-0.05, 0) is 31.0 Å². The lowest BCUT2D eigenvalue weighted by atomic mass is 9.78. The van der Waals surface area contributed by atoms with E-state index in [0.717, 1.165) is 0 Å². The van der Waals surface area contributed by atoms with E-state index in [0.29, 0.717) is 18.5 Å². The Balaban J connectivity index is 1.78. The van der Waals surface area contributed by atoms with Crippen LogP contribution in [0.4, 0.5) is 10.1 Å². The summed E-state index contributed by atoms with van der Waals surface area (Å²) < 4.78 is 18.6. The van der Waals surface area contributed by atoms with Crippen molar-refractivity contribution in [3.05, 3.63) is 30.1 Å². The van der Waals surface area contributed by atoms with Crippen molar-refractivity contribution in [1.82, 2.24) is 0 Å². The summed E-state index contributed by atoms with van der Waals surface area (Å²) in [5.41, 5.74) is 0.301. The molecule has 5 nitrogen and oxygen atoms in total. The molecule has 1 aromatic rings. The number of hydrogen-bond acceptors (Lipinski definition) is 4. The zero-order valence-corrected chi connectivity index (χ0v) is 10.5. The van der Waals surface area contributed by atoms with Gasteiger partial charge in [-0.2, -0.15) is 0 Å². The zero-order chi connectivity index (χ0) is 14.3. The van der Waals surface area contributed by atoms with Gasteiger partial charge >= 0.3 is 0 Å². The maximum Gasteiger partial charge on any atom is 0.230 e. The minimum atomic E-state index is -1.27. The summed E-state index contributed by atoms with van der Waals surface area (Å²) in [7, 11) is 0. The first-order chi connectivity index (χ1) is 9.56. The van der Waals surface area contributed by atoms with Gasteiger partial charge in [-0.3, -0.25) is 4.79 Å². The fourth-order valence-electron chi connectivity index (χ4n) is 3.10. The van der Waals surface area contributed by atoms with Gasteiger partial charge in [0.1, 0.15) is 5.82 Å². The van der Waals surface area contributed by atoms with Crippen molar-refractivity contribution >= 4 is 17.6 Å². The first kappa shape index (κ1) is 13.1. The fraction of sp³-hybridized carbons (Fsp3) is 0.429. The van der Waals surface area contributed by atoms with Crippen LogP contribution >= 0.6 is 0 Å². The van der Waals surface area contributed by atoms with Crippen LogP contribution in [0.3, 0.4) is 0 Å². The number of carbonyl (C=O) groups excluding carboxylic acids is 2. The van der Waals surface area contributed by atoms with Gasteiger partial charge in [0.25, 0.3) is 0 Å². The van der Waals surface area contributed by atoms with E-state index in [1.807, 2.05) is 0 Å². The lowest BCUT2D eigenvalue weighted by molar-refractivity contribution is -0.313. The third kappa shape index (κ3) is 2.16. The first-order valence-electron chi connectivity index (χ1n) is 6.49. The van der Waals surface area contributed by atoms with Gasteiger partial charge in [-0.25, -0.2) is 4.39 Å². The third-order valence-electron chi connectivity index (χ3n) is 3.94. The summed E-state index contributed by atoms with van der Waals surface area (Å²) in [6.07, 6.45) is 0.452. The van der Waals surface area contributed by atoms with Crippen LogP contribution in [0.15, 0.2) is 24.3 Å². The molecule has 0 radical (unpaired) electrons. The van der Waals surface area contributed by atoms with Crippen LogP contribution in [0.1, 0.15) is 12.8 Å². The lowest BCUT2D eigenvalue weighted by Crippen LogP contribution is -2.46. The average molecular weight is 278 g/mol. The fourth-order valence-corrected chi connectivity index (χ4v) is 3.10.